The van der Waals surface area contributed by atoms with Gasteiger partial charge in [-0.2, -0.15) is 0 Å². The highest BCUT2D eigenvalue weighted by atomic mass is 16.3. The van der Waals surface area contributed by atoms with E-state index in [1.165, 1.54) is 6.42 Å². The summed E-state index contributed by atoms with van der Waals surface area (Å²) < 4.78 is 0. The summed E-state index contributed by atoms with van der Waals surface area (Å²) in [6, 6.07) is 0. The summed E-state index contributed by atoms with van der Waals surface area (Å²) in [7, 11) is 0. The lowest BCUT2D eigenvalue weighted by Gasteiger charge is -2.53. The van der Waals surface area contributed by atoms with Gasteiger partial charge in [0.2, 0.25) is 0 Å². The van der Waals surface area contributed by atoms with Crippen LogP contribution < -0.4 is 0 Å². The second kappa shape index (κ2) is 8.10. The molecule has 0 aromatic carbocycles. The Balaban J connectivity index is 0. The maximum Gasteiger partial charge on any atom is 0.0819 e. The molecule has 1 fully saturated rings. The van der Waals surface area contributed by atoms with E-state index in [9.17, 15) is 5.11 Å². The van der Waals surface area contributed by atoms with Crippen molar-refractivity contribution in [3.8, 4) is 0 Å². The highest BCUT2D eigenvalue weighted by molar-refractivity contribution is 5.02. The molecule has 0 aliphatic carbocycles. The van der Waals surface area contributed by atoms with Gasteiger partial charge in [-0.1, -0.05) is 41.5 Å². The minimum atomic E-state index is -0.604. The van der Waals surface area contributed by atoms with Gasteiger partial charge in [0.15, 0.2) is 0 Å². The minimum Gasteiger partial charge on any atom is -0.388 e. The fourth-order valence-electron chi connectivity index (χ4n) is 1.90. The van der Waals surface area contributed by atoms with E-state index >= 15 is 0 Å². The van der Waals surface area contributed by atoms with Crippen LogP contribution in [0.15, 0.2) is 0 Å². The maximum absolute atomic E-state index is 10.4. The zero-order valence-corrected chi connectivity index (χ0v) is 13.6. The van der Waals surface area contributed by atoms with Crippen molar-refractivity contribution >= 4 is 0 Å². The fraction of sp³-hybridized carbons (Fsp3) is 1.00. The van der Waals surface area contributed by atoms with Crippen molar-refractivity contribution < 1.29 is 5.11 Å². The molecule has 0 spiro atoms. The van der Waals surface area contributed by atoms with Crippen molar-refractivity contribution in [1.82, 2.24) is 4.90 Å². The molecule has 2 nitrogen and oxygen atoms in total. The van der Waals surface area contributed by atoms with E-state index in [2.05, 4.69) is 32.6 Å². The van der Waals surface area contributed by atoms with Crippen LogP contribution in [-0.4, -0.2) is 34.2 Å². The number of hydrogen-bond acceptors (Lipinski definition) is 2. The average molecular weight is 245 g/mol. The Morgan fingerprint density at radius 3 is 1.47 bits per heavy atom. The van der Waals surface area contributed by atoms with E-state index in [4.69, 9.17) is 0 Å². The molecule has 0 saturated carbocycles. The summed E-state index contributed by atoms with van der Waals surface area (Å²) >= 11 is 0. The molecule has 1 atom stereocenters. The zero-order valence-electron chi connectivity index (χ0n) is 13.6. The average Bonchev–Trinajstić information content (AvgIpc) is 2.20. The Morgan fingerprint density at radius 1 is 0.941 bits per heavy atom. The Morgan fingerprint density at radius 2 is 1.29 bits per heavy atom. The van der Waals surface area contributed by atoms with E-state index in [0.717, 1.165) is 13.1 Å². The molecule has 17 heavy (non-hydrogen) atoms. The van der Waals surface area contributed by atoms with Crippen LogP contribution in [0.2, 0.25) is 0 Å². The molecule has 2 heteroatoms. The van der Waals surface area contributed by atoms with Crippen molar-refractivity contribution in [3.63, 3.8) is 0 Å². The molecule has 1 saturated heterocycles. The molecule has 0 amide bonds. The van der Waals surface area contributed by atoms with Crippen LogP contribution in [0.5, 0.6) is 0 Å². The first-order chi connectivity index (χ1) is 7.80. The largest absolute Gasteiger partial charge is 0.388 e. The molecule has 1 N–H and O–H groups in total. The lowest BCUT2D eigenvalue weighted by molar-refractivity contribution is -0.130. The first kappa shape index (κ1) is 19.3. The third kappa shape index (κ3) is 4.26. The van der Waals surface area contributed by atoms with E-state index in [1.54, 1.807) is 0 Å². The van der Waals surface area contributed by atoms with Crippen LogP contribution in [0.3, 0.4) is 0 Å². The highest BCUT2D eigenvalue weighted by Crippen LogP contribution is 2.36. The number of nitrogens with zero attached hydrogens (tertiary/aromatic N) is 1. The molecule has 1 heterocycles. The molecular weight excluding hydrogens is 210 g/mol. The fourth-order valence-corrected chi connectivity index (χ4v) is 1.90. The van der Waals surface area contributed by atoms with Crippen LogP contribution >= 0.6 is 0 Å². The molecular formula is C15H35NO. The van der Waals surface area contributed by atoms with Gasteiger partial charge in [0.25, 0.3) is 0 Å². The van der Waals surface area contributed by atoms with E-state index < -0.39 is 5.60 Å². The summed E-state index contributed by atoms with van der Waals surface area (Å²) in [6.45, 7) is 20.7. The lowest BCUT2D eigenvalue weighted by atomic mass is 9.74. The zero-order chi connectivity index (χ0) is 14.3. The molecule has 1 rings (SSSR count). The van der Waals surface area contributed by atoms with Crippen LogP contribution in [0.25, 0.3) is 0 Å². The Kier molecular flexibility index (Phi) is 9.18. The molecule has 1 unspecified atom stereocenters. The topological polar surface area (TPSA) is 23.5 Å². The van der Waals surface area contributed by atoms with Gasteiger partial charge < -0.3 is 5.11 Å². The predicted octanol–water partition coefficient (Wildman–Crippen LogP) is 3.93. The van der Waals surface area contributed by atoms with E-state index in [1.807, 2.05) is 34.6 Å². The standard InChI is InChI=1S/C11H23NO.2C2H6/c1-9(2)11(5,13)10(3,4)12-7-6-8-12;2*1-2/h9,13H,6-8H2,1-5H3;2*1-2H3. The number of aliphatic hydroxyl groups is 1. The van der Waals surface area contributed by atoms with Gasteiger partial charge in [-0.25, -0.2) is 0 Å². The van der Waals surface area contributed by atoms with Crippen LogP contribution in [0.4, 0.5) is 0 Å². The third-order valence-corrected chi connectivity index (χ3v) is 4.01. The minimum absolute atomic E-state index is 0.0978. The quantitative estimate of drug-likeness (QED) is 0.814. The van der Waals surface area contributed by atoms with Gasteiger partial charge in [0.1, 0.15) is 0 Å². The van der Waals surface area contributed by atoms with Crippen molar-refractivity contribution in [2.45, 2.75) is 79.9 Å². The smallest absolute Gasteiger partial charge is 0.0819 e. The van der Waals surface area contributed by atoms with Gasteiger partial charge in [-0.3, -0.25) is 4.90 Å². The van der Waals surface area contributed by atoms with Crippen LogP contribution in [0.1, 0.15) is 68.7 Å². The summed E-state index contributed by atoms with van der Waals surface area (Å²) in [6.07, 6.45) is 1.28. The van der Waals surface area contributed by atoms with Gasteiger partial charge in [0.05, 0.1) is 5.60 Å². The Hall–Kier alpha value is -0.0800. The molecule has 0 aromatic rings. The van der Waals surface area contributed by atoms with E-state index in [-0.39, 0.29) is 5.54 Å². The van der Waals surface area contributed by atoms with E-state index in [0.29, 0.717) is 5.92 Å². The summed E-state index contributed by atoms with van der Waals surface area (Å²) in [5, 5.41) is 10.4. The third-order valence-electron chi connectivity index (χ3n) is 4.01. The van der Waals surface area contributed by atoms with Crippen LogP contribution in [-0.2, 0) is 0 Å². The normalized spacial score (nSPS) is 19.2. The molecule has 0 aromatic heterocycles. The monoisotopic (exact) mass is 245 g/mol. The molecule has 1 aliphatic heterocycles. The molecule has 0 bridgehead atoms. The van der Waals surface area contributed by atoms with Crippen molar-refractivity contribution in [1.29, 1.82) is 0 Å². The first-order valence-corrected chi connectivity index (χ1v) is 7.27. The van der Waals surface area contributed by atoms with Gasteiger partial charge in [0, 0.05) is 18.6 Å². The number of hydrogen-bond donors (Lipinski definition) is 1. The Bertz CT molecular complexity index is 181. The molecule has 0 radical (unpaired) electrons. The van der Waals surface area contributed by atoms with Crippen LogP contribution in [0, 0.1) is 5.92 Å². The lowest BCUT2D eigenvalue weighted by Crippen LogP contribution is -2.65. The van der Waals surface area contributed by atoms with Gasteiger partial charge in [-0.15, -0.1) is 0 Å². The maximum atomic E-state index is 10.4. The summed E-state index contributed by atoms with van der Waals surface area (Å²) in [4.78, 5) is 2.37. The van der Waals surface area contributed by atoms with Crippen molar-refractivity contribution in [2.24, 2.45) is 5.92 Å². The first-order valence-electron chi connectivity index (χ1n) is 7.27. The number of rotatable bonds is 3. The second-order valence-corrected chi connectivity index (χ2v) is 5.20. The van der Waals surface area contributed by atoms with Gasteiger partial charge >= 0.3 is 0 Å². The van der Waals surface area contributed by atoms with Gasteiger partial charge in [-0.05, 0) is 33.1 Å². The summed E-state index contributed by atoms with van der Waals surface area (Å²) in [5.74, 6) is 0.295. The predicted molar refractivity (Wildman–Crippen MR) is 78.4 cm³/mol. The summed E-state index contributed by atoms with van der Waals surface area (Å²) in [5.41, 5.74) is -0.702. The van der Waals surface area contributed by atoms with Crippen molar-refractivity contribution in [3.05, 3.63) is 0 Å². The number of likely N-dealkylation sites (tertiary alicyclic amines) is 1. The SMILES string of the molecule is CC.CC.CC(C)C(C)(O)C(C)(C)N1CCC1. The second-order valence-electron chi connectivity index (χ2n) is 5.20. The Labute approximate surface area is 109 Å². The highest BCUT2D eigenvalue weighted by Gasteiger charge is 2.47. The van der Waals surface area contributed by atoms with Crippen molar-refractivity contribution in [2.75, 3.05) is 13.1 Å². The molecule has 1 aliphatic rings. The molecule has 106 valence electrons.